The summed E-state index contributed by atoms with van der Waals surface area (Å²) in [6.45, 7) is 11.6. The van der Waals surface area contributed by atoms with Crippen molar-refractivity contribution < 1.29 is 33.6 Å². The van der Waals surface area contributed by atoms with E-state index in [1.807, 2.05) is 19.9 Å². The number of methoxy groups -OCH3 is 1. The minimum absolute atomic E-state index is 0.0303. The van der Waals surface area contributed by atoms with Crippen LogP contribution in [0.25, 0.3) is 0 Å². The highest BCUT2D eigenvalue weighted by molar-refractivity contribution is 5.71. The van der Waals surface area contributed by atoms with E-state index in [9.17, 15) is 9.59 Å². The van der Waals surface area contributed by atoms with Gasteiger partial charge in [-0.05, 0) is 13.8 Å². The highest BCUT2D eigenvalue weighted by Gasteiger charge is 2.35. The average Bonchev–Trinajstić information content (AvgIpc) is 3.29. The molecule has 0 aromatic rings. The number of aliphatic hydroxyl groups excluding tert-OH is 1. The molecule has 0 aromatic carbocycles. The molecule has 2 aliphatic heterocycles. The second kappa shape index (κ2) is 9.34. The second-order valence-corrected chi connectivity index (χ2v) is 5.01. The van der Waals surface area contributed by atoms with Gasteiger partial charge in [0.05, 0.1) is 13.7 Å². The van der Waals surface area contributed by atoms with Gasteiger partial charge in [0, 0.05) is 0 Å². The Kier molecular flexibility index (Phi) is 8.62. The molecule has 126 valence electrons. The Morgan fingerprint density at radius 2 is 1.77 bits per heavy atom. The number of carbonyl (C=O) groups excluding carboxylic acids is 2. The Morgan fingerprint density at radius 1 is 1.27 bits per heavy atom. The number of esters is 2. The molecular weight excluding hydrogens is 292 g/mol. The minimum atomic E-state index is -0.602. The van der Waals surface area contributed by atoms with Gasteiger partial charge < -0.3 is 24.1 Å². The van der Waals surface area contributed by atoms with Crippen molar-refractivity contribution in [2.24, 2.45) is 0 Å². The van der Waals surface area contributed by atoms with Crippen molar-refractivity contribution in [2.45, 2.75) is 25.0 Å². The van der Waals surface area contributed by atoms with E-state index in [-0.39, 0.29) is 24.8 Å². The Morgan fingerprint density at radius 3 is 1.95 bits per heavy atom. The molecule has 2 unspecified atom stereocenters. The lowest BCUT2D eigenvalue weighted by molar-refractivity contribution is -0.176. The Labute approximate surface area is 130 Å². The van der Waals surface area contributed by atoms with E-state index >= 15 is 0 Å². The number of hydrogen-bond donors (Lipinski definition) is 1. The maximum absolute atomic E-state index is 10.5. The summed E-state index contributed by atoms with van der Waals surface area (Å²) in [7, 11) is 1.22. The fraction of sp³-hybridized carbons (Fsp3) is 0.600. The van der Waals surface area contributed by atoms with Gasteiger partial charge in [0.15, 0.2) is 0 Å². The summed E-state index contributed by atoms with van der Waals surface area (Å²) in [4.78, 5) is 20.2. The molecule has 7 nitrogen and oxygen atoms in total. The number of ether oxygens (including phenoxy) is 4. The molecule has 0 aromatic heterocycles. The lowest BCUT2D eigenvalue weighted by Gasteiger charge is -2.29. The molecule has 0 amide bonds. The monoisotopic (exact) mass is 316 g/mol. The molecule has 2 aliphatic rings. The maximum Gasteiger partial charge on any atom is 0.332 e. The SMILES string of the molecule is C=CC1(C)CO1.C=CC1(C)COC(=O)CO1.COC(=O)CO. The molecule has 0 bridgehead atoms. The fourth-order valence-electron chi connectivity index (χ4n) is 0.945. The van der Waals surface area contributed by atoms with Crippen LogP contribution >= 0.6 is 0 Å². The van der Waals surface area contributed by atoms with Crippen LogP contribution in [-0.2, 0) is 28.5 Å². The number of epoxide rings is 1. The summed E-state index contributed by atoms with van der Waals surface area (Å²) in [5.41, 5.74) is -0.423. The van der Waals surface area contributed by atoms with E-state index in [1.54, 1.807) is 6.08 Å². The first-order valence-corrected chi connectivity index (χ1v) is 6.62. The van der Waals surface area contributed by atoms with E-state index < -0.39 is 18.2 Å². The van der Waals surface area contributed by atoms with E-state index in [0.29, 0.717) is 0 Å². The van der Waals surface area contributed by atoms with Crippen LogP contribution in [0.5, 0.6) is 0 Å². The van der Waals surface area contributed by atoms with Crippen LogP contribution in [0.15, 0.2) is 25.3 Å². The zero-order valence-corrected chi connectivity index (χ0v) is 13.3. The number of carbonyl (C=O) groups is 2. The van der Waals surface area contributed by atoms with Gasteiger partial charge in [0.1, 0.15) is 31.0 Å². The third kappa shape index (κ3) is 8.56. The molecule has 1 N–H and O–H groups in total. The van der Waals surface area contributed by atoms with Crippen molar-refractivity contribution in [3.63, 3.8) is 0 Å². The largest absolute Gasteiger partial charge is 0.467 e. The number of rotatable bonds is 3. The quantitative estimate of drug-likeness (QED) is 0.463. The maximum atomic E-state index is 10.5. The third-order valence-electron chi connectivity index (χ3n) is 2.86. The van der Waals surface area contributed by atoms with Crippen molar-refractivity contribution in [3.05, 3.63) is 25.3 Å². The molecule has 0 aliphatic carbocycles. The third-order valence-corrected chi connectivity index (χ3v) is 2.86. The molecule has 0 radical (unpaired) electrons. The smallest absolute Gasteiger partial charge is 0.332 e. The van der Waals surface area contributed by atoms with Crippen molar-refractivity contribution >= 4 is 11.9 Å². The number of aliphatic hydroxyl groups is 1. The highest BCUT2D eigenvalue weighted by atomic mass is 16.6. The van der Waals surface area contributed by atoms with Crippen molar-refractivity contribution in [3.8, 4) is 0 Å². The summed E-state index contributed by atoms with van der Waals surface area (Å²) in [5, 5.41) is 7.86. The van der Waals surface area contributed by atoms with Gasteiger partial charge in [-0.15, -0.1) is 13.2 Å². The van der Waals surface area contributed by atoms with Gasteiger partial charge in [-0.25, -0.2) is 9.59 Å². The molecule has 2 heterocycles. The summed E-state index contributed by atoms with van der Waals surface area (Å²) in [6.07, 6.45) is 3.46. The summed E-state index contributed by atoms with van der Waals surface area (Å²) in [5.74, 6) is -0.908. The van der Waals surface area contributed by atoms with Gasteiger partial charge in [-0.1, -0.05) is 12.2 Å². The molecular formula is C15H24O7. The van der Waals surface area contributed by atoms with E-state index in [1.165, 1.54) is 7.11 Å². The van der Waals surface area contributed by atoms with Crippen molar-refractivity contribution in [1.29, 1.82) is 0 Å². The first-order valence-electron chi connectivity index (χ1n) is 6.62. The van der Waals surface area contributed by atoms with Gasteiger partial charge >= 0.3 is 11.9 Å². The molecule has 2 rings (SSSR count). The van der Waals surface area contributed by atoms with E-state index in [4.69, 9.17) is 19.3 Å². The molecule has 2 saturated heterocycles. The fourth-order valence-corrected chi connectivity index (χ4v) is 0.945. The van der Waals surface area contributed by atoms with Gasteiger partial charge in [0.2, 0.25) is 0 Å². The Bertz CT molecular complexity index is 383. The number of cyclic esters (lactones) is 1. The van der Waals surface area contributed by atoms with Crippen molar-refractivity contribution in [2.75, 3.05) is 33.5 Å². The van der Waals surface area contributed by atoms with Crippen LogP contribution in [0.3, 0.4) is 0 Å². The predicted octanol–water partition coefficient (Wildman–Crippen LogP) is 0.617. The van der Waals surface area contributed by atoms with Gasteiger partial charge in [0.25, 0.3) is 0 Å². The number of hydrogen-bond acceptors (Lipinski definition) is 7. The first-order chi connectivity index (χ1) is 10.2. The Balaban J connectivity index is 0.000000319. The van der Waals surface area contributed by atoms with Crippen LogP contribution in [0.2, 0.25) is 0 Å². The molecule has 0 saturated carbocycles. The van der Waals surface area contributed by atoms with Crippen LogP contribution in [-0.4, -0.2) is 61.8 Å². The molecule has 2 fully saturated rings. The standard InChI is InChI=1S/C7H10O3.C5H8O.C3H6O3/c1-3-7(2)5-9-6(8)4-10-7;1-3-5(2)4-6-5;1-6-3(5)2-4/h3H,1,4-5H2,2H3;3H,1,4H2,2H3;4H,2H2,1H3. The van der Waals surface area contributed by atoms with Crippen molar-refractivity contribution in [1.82, 2.24) is 0 Å². The molecule has 2 atom stereocenters. The molecule has 0 spiro atoms. The topological polar surface area (TPSA) is 94.6 Å². The average molecular weight is 316 g/mol. The highest BCUT2D eigenvalue weighted by Crippen LogP contribution is 2.25. The Hall–Kier alpha value is -1.70. The van der Waals surface area contributed by atoms with E-state index in [0.717, 1.165) is 6.61 Å². The summed E-state index contributed by atoms with van der Waals surface area (Å²) in [6, 6.07) is 0. The molecule has 22 heavy (non-hydrogen) atoms. The van der Waals surface area contributed by atoms with Gasteiger partial charge in [-0.2, -0.15) is 0 Å². The summed E-state index contributed by atoms with van der Waals surface area (Å²) >= 11 is 0. The van der Waals surface area contributed by atoms with Crippen LogP contribution in [0, 0.1) is 0 Å². The molecule has 7 heteroatoms. The summed E-state index contributed by atoms with van der Waals surface area (Å²) < 4.78 is 18.8. The van der Waals surface area contributed by atoms with E-state index in [2.05, 4.69) is 17.9 Å². The first kappa shape index (κ1) is 20.3. The normalized spacial score (nSPS) is 28.6. The second-order valence-electron chi connectivity index (χ2n) is 5.01. The minimum Gasteiger partial charge on any atom is -0.467 e. The van der Waals surface area contributed by atoms with Crippen LogP contribution < -0.4 is 0 Å². The van der Waals surface area contributed by atoms with Crippen LogP contribution in [0.1, 0.15) is 13.8 Å². The lowest BCUT2D eigenvalue weighted by atomic mass is 10.1. The van der Waals surface area contributed by atoms with Gasteiger partial charge in [-0.3, -0.25) is 0 Å². The zero-order chi connectivity index (χ0) is 17.2. The van der Waals surface area contributed by atoms with Crippen LogP contribution in [0.4, 0.5) is 0 Å². The predicted molar refractivity (Wildman–Crippen MR) is 79.2 cm³/mol. The zero-order valence-electron chi connectivity index (χ0n) is 13.3. The lowest BCUT2D eigenvalue weighted by Crippen LogP contribution is -2.40.